The van der Waals surface area contributed by atoms with Gasteiger partial charge in [-0.15, -0.1) is 0 Å². The number of hydrogen-bond acceptors (Lipinski definition) is 2. The van der Waals surface area contributed by atoms with E-state index in [-0.39, 0.29) is 19.0 Å². The van der Waals surface area contributed by atoms with Crippen LogP contribution in [-0.4, -0.2) is 11.6 Å². The van der Waals surface area contributed by atoms with Gasteiger partial charge in [0.15, 0.2) is 0 Å². The maximum atomic E-state index is 11.3. The summed E-state index contributed by atoms with van der Waals surface area (Å²) in [6.07, 6.45) is 0. The van der Waals surface area contributed by atoms with Gasteiger partial charge in [0.25, 0.3) is 0 Å². The van der Waals surface area contributed by atoms with E-state index >= 15 is 0 Å². The highest BCUT2D eigenvalue weighted by atomic mass is 16.1. The Balaban J connectivity index is 0.00000196. The molecular formula is C12H17NO2. The fourth-order valence-corrected chi connectivity index (χ4v) is 1.50. The summed E-state index contributed by atoms with van der Waals surface area (Å²) >= 11 is 0. The van der Waals surface area contributed by atoms with Crippen LogP contribution in [0.1, 0.15) is 41.7 Å². The van der Waals surface area contributed by atoms with Crippen molar-refractivity contribution in [1.82, 2.24) is 0 Å². The van der Waals surface area contributed by atoms with E-state index in [1.807, 2.05) is 6.92 Å². The van der Waals surface area contributed by atoms with Crippen LogP contribution in [0.2, 0.25) is 0 Å². The molecule has 0 amide bonds. The van der Waals surface area contributed by atoms with Gasteiger partial charge in [-0.1, -0.05) is 0 Å². The minimum atomic E-state index is -0.0186. The van der Waals surface area contributed by atoms with Gasteiger partial charge in [0.1, 0.15) is 6.54 Å². The first kappa shape index (κ1) is 13.5. The summed E-state index contributed by atoms with van der Waals surface area (Å²) < 4.78 is 1.74. The average molecular weight is 207 g/mol. The van der Waals surface area contributed by atoms with Gasteiger partial charge in [0, 0.05) is 26.0 Å². The molecule has 1 aromatic rings. The zero-order valence-corrected chi connectivity index (χ0v) is 9.70. The predicted octanol–water partition coefficient (Wildman–Crippen LogP) is 1.85. The van der Waals surface area contributed by atoms with Crippen LogP contribution in [0.5, 0.6) is 0 Å². The smallest absolute Gasteiger partial charge is 0.248 e. The van der Waals surface area contributed by atoms with E-state index in [2.05, 4.69) is 0 Å². The molecule has 0 aliphatic rings. The molecule has 0 aromatic carbocycles. The number of rotatable bonds is 3. The molecule has 0 saturated heterocycles. The molecular weight excluding hydrogens is 190 g/mol. The van der Waals surface area contributed by atoms with Gasteiger partial charge < -0.3 is 7.43 Å². The molecule has 0 unspecified atom stereocenters. The van der Waals surface area contributed by atoms with Crippen LogP contribution in [0.25, 0.3) is 0 Å². The summed E-state index contributed by atoms with van der Waals surface area (Å²) in [5.41, 5.74) is 1.17. The van der Waals surface area contributed by atoms with Gasteiger partial charge >= 0.3 is 0 Å². The molecule has 1 rings (SSSR count). The molecule has 82 valence electrons. The van der Waals surface area contributed by atoms with Crippen molar-refractivity contribution in [3.8, 4) is 0 Å². The lowest BCUT2D eigenvalue weighted by atomic mass is 10.2. The third-order valence-corrected chi connectivity index (χ3v) is 2.13. The summed E-state index contributed by atoms with van der Waals surface area (Å²) in [6, 6.07) is 5.20. The minimum absolute atomic E-state index is 0. The summed E-state index contributed by atoms with van der Waals surface area (Å²) in [6.45, 7) is 5.56. The molecule has 0 fully saturated rings. The third kappa shape index (κ3) is 2.72. The lowest BCUT2D eigenvalue weighted by molar-refractivity contribution is -0.697. The van der Waals surface area contributed by atoms with Gasteiger partial charge in [0.05, 0.1) is 0 Å². The molecule has 3 heteroatoms. The van der Waals surface area contributed by atoms with Gasteiger partial charge in [0.2, 0.25) is 23.0 Å². The molecule has 1 heterocycles. The Morgan fingerprint density at radius 2 is 1.53 bits per heavy atom. The van der Waals surface area contributed by atoms with Crippen molar-refractivity contribution >= 4 is 11.6 Å². The highest BCUT2D eigenvalue weighted by Crippen LogP contribution is 1.99. The maximum Gasteiger partial charge on any atom is 0.248 e. The number of Topliss-reactive ketones (excluding diaryl/α,β-unsaturated/α-hetero) is 2. The Hall–Kier alpha value is -1.51. The van der Waals surface area contributed by atoms with Crippen LogP contribution in [0, 0.1) is 7.43 Å². The number of pyridine rings is 1. The first-order chi connectivity index (χ1) is 6.57. The van der Waals surface area contributed by atoms with Crippen LogP contribution in [0.4, 0.5) is 0 Å². The Labute approximate surface area is 90.7 Å². The van der Waals surface area contributed by atoms with E-state index in [4.69, 9.17) is 0 Å². The molecule has 0 atom stereocenters. The number of nitrogens with zero attached hydrogens (tertiary/aromatic N) is 1. The first-order valence-corrected chi connectivity index (χ1v) is 4.62. The Kier molecular flexibility index (Phi) is 4.85. The van der Waals surface area contributed by atoms with E-state index < -0.39 is 0 Å². The normalized spacial score (nSPS) is 9.27. The van der Waals surface area contributed by atoms with Crippen LogP contribution in [0.15, 0.2) is 18.2 Å². The van der Waals surface area contributed by atoms with Gasteiger partial charge in [-0.25, -0.2) is 0 Å². The zero-order chi connectivity index (χ0) is 10.7. The second kappa shape index (κ2) is 5.39. The largest absolute Gasteiger partial charge is 0.358 e. The Morgan fingerprint density at radius 1 is 1.13 bits per heavy atom. The summed E-state index contributed by atoms with van der Waals surface area (Å²) in [5, 5.41) is 0. The number of carbonyl (C=O) groups excluding carboxylic acids is 2. The van der Waals surface area contributed by atoms with Crippen LogP contribution in [-0.2, 0) is 6.54 Å². The van der Waals surface area contributed by atoms with Gasteiger partial charge in [-0.2, -0.15) is 4.57 Å². The van der Waals surface area contributed by atoms with Crippen molar-refractivity contribution in [3.05, 3.63) is 37.0 Å². The van der Waals surface area contributed by atoms with Crippen molar-refractivity contribution in [2.24, 2.45) is 0 Å². The standard InChI is InChI=1S/C11H14NO2.CH3/c1-4-12-10(8(2)13)6-5-7-11(12)9(3)14;/h5-7H,4H2,1-3H3;1H3/q+1;-1. The number of aromatic nitrogens is 1. The monoisotopic (exact) mass is 207 g/mol. The topological polar surface area (TPSA) is 38.0 Å². The fraction of sp³-hybridized carbons (Fsp3) is 0.333. The second-order valence-corrected chi connectivity index (χ2v) is 3.15. The lowest BCUT2D eigenvalue weighted by Crippen LogP contribution is -2.44. The van der Waals surface area contributed by atoms with Crippen LogP contribution >= 0.6 is 0 Å². The highest BCUT2D eigenvalue weighted by Gasteiger charge is 2.20. The van der Waals surface area contributed by atoms with E-state index in [0.29, 0.717) is 17.9 Å². The molecule has 15 heavy (non-hydrogen) atoms. The quantitative estimate of drug-likeness (QED) is 0.431. The molecule has 0 bridgehead atoms. The predicted molar refractivity (Wildman–Crippen MR) is 58.7 cm³/mol. The van der Waals surface area contributed by atoms with E-state index in [1.165, 1.54) is 13.8 Å². The molecule has 0 spiro atoms. The van der Waals surface area contributed by atoms with E-state index in [9.17, 15) is 9.59 Å². The van der Waals surface area contributed by atoms with Crippen LogP contribution < -0.4 is 4.57 Å². The van der Waals surface area contributed by atoms with E-state index in [0.717, 1.165) is 0 Å². The van der Waals surface area contributed by atoms with E-state index in [1.54, 1.807) is 22.8 Å². The van der Waals surface area contributed by atoms with Crippen LogP contribution in [0.3, 0.4) is 0 Å². The molecule has 0 radical (unpaired) electrons. The highest BCUT2D eigenvalue weighted by molar-refractivity contribution is 5.93. The second-order valence-electron chi connectivity index (χ2n) is 3.15. The molecule has 0 aliphatic carbocycles. The van der Waals surface area contributed by atoms with Gasteiger partial charge in [-0.3, -0.25) is 9.59 Å². The zero-order valence-electron chi connectivity index (χ0n) is 9.70. The maximum absolute atomic E-state index is 11.3. The summed E-state index contributed by atoms with van der Waals surface area (Å²) in [5.74, 6) is -0.0371. The van der Waals surface area contributed by atoms with Gasteiger partial charge in [-0.05, 0) is 13.0 Å². The third-order valence-electron chi connectivity index (χ3n) is 2.13. The fourth-order valence-electron chi connectivity index (χ4n) is 1.50. The molecule has 0 N–H and O–H groups in total. The molecule has 0 aliphatic heterocycles. The molecule has 1 aromatic heterocycles. The average Bonchev–Trinajstić information content (AvgIpc) is 2.16. The summed E-state index contributed by atoms with van der Waals surface area (Å²) in [7, 11) is 0. The lowest BCUT2D eigenvalue weighted by Gasteiger charge is -2.01. The Morgan fingerprint density at radius 3 is 1.80 bits per heavy atom. The Bertz CT molecular complexity index is 351. The minimum Gasteiger partial charge on any atom is -0.358 e. The van der Waals surface area contributed by atoms with Crippen molar-refractivity contribution in [3.63, 3.8) is 0 Å². The molecule has 3 nitrogen and oxygen atoms in total. The van der Waals surface area contributed by atoms with Crippen molar-refractivity contribution in [2.75, 3.05) is 0 Å². The van der Waals surface area contributed by atoms with Crippen molar-refractivity contribution in [1.29, 1.82) is 0 Å². The molecule has 0 saturated carbocycles. The number of carbonyl (C=O) groups is 2. The number of ketones is 2. The first-order valence-electron chi connectivity index (χ1n) is 4.62. The van der Waals surface area contributed by atoms with Crippen molar-refractivity contribution < 1.29 is 14.2 Å². The summed E-state index contributed by atoms with van der Waals surface area (Å²) in [4.78, 5) is 22.5. The number of hydrogen-bond donors (Lipinski definition) is 0. The SMILES string of the molecule is CC[n+]1c(C(C)=O)cccc1C(C)=O.[CH3-]. The van der Waals surface area contributed by atoms with Crippen molar-refractivity contribution in [2.45, 2.75) is 27.3 Å².